The Hall–Kier alpha value is -1.59. The van der Waals surface area contributed by atoms with Gasteiger partial charge in [-0.05, 0) is 6.07 Å². The number of nitrogens with one attached hydrogen (secondary N) is 1. The van der Waals surface area contributed by atoms with Gasteiger partial charge >= 0.3 is 0 Å². The van der Waals surface area contributed by atoms with Crippen LogP contribution in [0.25, 0.3) is 0 Å². The van der Waals surface area contributed by atoms with E-state index in [0.717, 1.165) is 50.6 Å². The van der Waals surface area contributed by atoms with E-state index < -0.39 is 0 Å². The molecule has 0 aromatic heterocycles. The van der Waals surface area contributed by atoms with Crippen molar-refractivity contribution >= 4 is 5.91 Å². The average molecular weight is 275 g/mol. The van der Waals surface area contributed by atoms with Crippen LogP contribution in [0.3, 0.4) is 0 Å². The second kappa shape index (κ2) is 6.24. The predicted octanol–water partition coefficient (Wildman–Crippen LogP) is 0.313. The molecule has 3 rings (SSSR count). The summed E-state index contributed by atoms with van der Waals surface area (Å²) in [5.74, 6) is 1.18. The van der Waals surface area contributed by atoms with Crippen LogP contribution >= 0.6 is 0 Å². The van der Waals surface area contributed by atoms with Gasteiger partial charge in [-0.1, -0.05) is 18.2 Å². The fourth-order valence-corrected chi connectivity index (χ4v) is 2.72. The molecule has 1 fully saturated rings. The zero-order chi connectivity index (χ0) is 13.8. The van der Waals surface area contributed by atoms with E-state index in [9.17, 15) is 4.79 Å². The number of hydrogen-bond donors (Lipinski definition) is 1. The lowest BCUT2D eigenvalue weighted by atomic mass is 10.2. The number of para-hydroxylation sites is 1. The highest BCUT2D eigenvalue weighted by molar-refractivity contribution is 5.78. The number of nitrogens with zero attached hydrogens (tertiary/aromatic N) is 2. The fraction of sp³-hybridized carbons (Fsp3) is 0.533. The van der Waals surface area contributed by atoms with Crippen molar-refractivity contribution in [1.82, 2.24) is 15.1 Å². The average Bonchev–Trinajstić information content (AvgIpc) is 2.69. The third-order valence-corrected chi connectivity index (χ3v) is 3.86. The van der Waals surface area contributed by atoms with Gasteiger partial charge in [0.15, 0.2) is 0 Å². The topological polar surface area (TPSA) is 44.8 Å². The second-order valence-corrected chi connectivity index (χ2v) is 5.30. The number of piperazine rings is 1. The Balaban J connectivity index is 1.61. The van der Waals surface area contributed by atoms with Crippen molar-refractivity contribution in [3.63, 3.8) is 0 Å². The number of fused-ring (bicyclic) bond motifs is 1. The highest BCUT2D eigenvalue weighted by Gasteiger charge is 2.21. The molecular formula is C15H21N3O2. The molecule has 1 aromatic rings. The van der Waals surface area contributed by atoms with Crippen LogP contribution in [-0.4, -0.2) is 61.6 Å². The Bertz CT molecular complexity index is 472. The van der Waals surface area contributed by atoms with Crippen molar-refractivity contribution in [1.29, 1.82) is 0 Å². The van der Waals surface area contributed by atoms with E-state index in [1.165, 1.54) is 0 Å². The summed E-state index contributed by atoms with van der Waals surface area (Å²) in [5.41, 5.74) is 1.16. The molecule has 20 heavy (non-hydrogen) atoms. The van der Waals surface area contributed by atoms with Crippen LogP contribution in [0.5, 0.6) is 5.75 Å². The summed E-state index contributed by atoms with van der Waals surface area (Å²) in [6, 6.07) is 8.07. The standard InChI is InChI=1S/C15H21N3O2/c19-15(18-7-5-16-6-8-18)12-17-9-10-20-14-4-2-1-3-13(14)11-17/h1-4,16H,5-12H2. The monoisotopic (exact) mass is 275 g/mol. The minimum absolute atomic E-state index is 0.228. The normalized spacial score (nSPS) is 19.9. The molecular weight excluding hydrogens is 254 g/mol. The molecule has 1 N–H and O–H groups in total. The third kappa shape index (κ3) is 3.11. The number of carbonyl (C=O) groups is 1. The van der Waals surface area contributed by atoms with Crippen LogP contribution in [0.4, 0.5) is 0 Å². The third-order valence-electron chi connectivity index (χ3n) is 3.86. The van der Waals surface area contributed by atoms with Crippen molar-refractivity contribution in [2.45, 2.75) is 6.54 Å². The number of rotatable bonds is 2. The van der Waals surface area contributed by atoms with Crippen molar-refractivity contribution in [2.24, 2.45) is 0 Å². The van der Waals surface area contributed by atoms with E-state index in [-0.39, 0.29) is 5.91 Å². The number of benzene rings is 1. The van der Waals surface area contributed by atoms with E-state index in [0.29, 0.717) is 13.2 Å². The maximum atomic E-state index is 12.3. The number of ether oxygens (including phenoxy) is 1. The van der Waals surface area contributed by atoms with Gasteiger partial charge in [0.1, 0.15) is 12.4 Å². The molecule has 5 heteroatoms. The van der Waals surface area contributed by atoms with E-state index >= 15 is 0 Å². The van der Waals surface area contributed by atoms with Gasteiger partial charge in [-0.3, -0.25) is 9.69 Å². The number of amides is 1. The van der Waals surface area contributed by atoms with Crippen LogP contribution in [-0.2, 0) is 11.3 Å². The fourth-order valence-electron chi connectivity index (χ4n) is 2.72. The van der Waals surface area contributed by atoms with Crippen LogP contribution in [0.15, 0.2) is 24.3 Å². The summed E-state index contributed by atoms with van der Waals surface area (Å²) in [5, 5.41) is 3.27. The molecule has 0 saturated carbocycles. The van der Waals surface area contributed by atoms with Gasteiger partial charge in [-0.15, -0.1) is 0 Å². The van der Waals surface area contributed by atoms with Crippen molar-refractivity contribution in [2.75, 3.05) is 45.9 Å². The van der Waals surface area contributed by atoms with Crippen LogP contribution in [0.1, 0.15) is 5.56 Å². The number of hydrogen-bond acceptors (Lipinski definition) is 4. The highest BCUT2D eigenvalue weighted by Crippen LogP contribution is 2.22. The Morgan fingerprint density at radius 1 is 1.20 bits per heavy atom. The number of carbonyl (C=O) groups excluding carboxylic acids is 1. The van der Waals surface area contributed by atoms with E-state index in [1.807, 2.05) is 23.1 Å². The Morgan fingerprint density at radius 2 is 2.00 bits per heavy atom. The van der Waals surface area contributed by atoms with Gasteiger partial charge in [-0.25, -0.2) is 0 Å². The first-order valence-electron chi connectivity index (χ1n) is 7.24. The summed E-state index contributed by atoms with van der Waals surface area (Å²) in [4.78, 5) is 16.4. The van der Waals surface area contributed by atoms with Gasteiger partial charge in [0, 0.05) is 44.8 Å². The van der Waals surface area contributed by atoms with Crippen LogP contribution in [0.2, 0.25) is 0 Å². The van der Waals surface area contributed by atoms with Crippen molar-refractivity contribution in [3.05, 3.63) is 29.8 Å². The molecule has 2 heterocycles. The first kappa shape index (κ1) is 13.4. The quantitative estimate of drug-likeness (QED) is 0.844. The molecule has 1 aromatic carbocycles. The smallest absolute Gasteiger partial charge is 0.236 e. The summed E-state index contributed by atoms with van der Waals surface area (Å²) in [6.07, 6.45) is 0. The molecule has 2 aliphatic rings. The summed E-state index contributed by atoms with van der Waals surface area (Å²) in [7, 11) is 0. The summed E-state index contributed by atoms with van der Waals surface area (Å²) >= 11 is 0. The van der Waals surface area contributed by atoms with Crippen molar-refractivity contribution < 1.29 is 9.53 Å². The lowest BCUT2D eigenvalue weighted by Gasteiger charge is -2.29. The van der Waals surface area contributed by atoms with Crippen LogP contribution in [0, 0.1) is 0 Å². The van der Waals surface area contributed by atoms with Gasteiger partial charge in [0.25, 0.3) is 0 Å². The highest BCUT2D eigenvalue weighted by atomic mass is 16.5. The van der Waals surface area contributed by atoms with Gasteiger partial charge in [-0.2, -0.15) is 0 Å². The maximum absolute atomic E-state index is 12.3. The summed E-state index contributed by atoms with van der Waals surface area (Å²) < 4.78 is 5.73. The molecule has 0 unspecified atom stereocenters. The molecule has 0 aliphatic carbocycles. The van der Waals surface area contributed by atoms with Crippen LogP contribution < -0.4 is 10.1 Å². The maximum Gasteiger partial charge on any atom is 0.236 e. The zero-order valence-corrected chi connectivity index (χ0v) is 11.7. The Kier molecular flexibility index (Phi) is 4.18. The van der Waals surface area contributed by atoms with Gasteiger partial charge in [0.2, 0.25) is 5.91 Å². The first-order valence-corrected chi connectivity index (χ1v) is 7.24. The molecule has 5 nitrogen and oxygen atoms in total. The SMILES string of the molecule is O=C(CN1CCOc2ccccc2C1)N1CCNCC1. The first-order chi connectivity index (χ1) is 9.83. The molecule has 1 saturated heterocycles. The van der Waals surface area contributed by atoms with Gasteiger partial charge < -0.3 is 15.0 Å². The molecule has 0 bridgehead atoms. The summed E-state index contributed by atoms with van der Waals surface area (Å²) in [6.45, 7) is 6.15. The predicted molar refractivity (Wildman–Crippen MR) is 76.7 cm³/mol. The van der Waals surface area contributed by atoms with E-state index in [2.05, 4.69) is 16.3 Å². The zero-order valence-electron chi connectivity index (χ0n) is 11.7. The minimum Gasteiger partial charge on any atom is -0.492 e. The second-order valence-electron chi connectivity index (χ2n) is 5.30. The lowest BCUT2D eigenvalue weighted by Crippen LogP contribution is -2.49. The minimum atomic E-state index is 0.228. The molecule has 0 spiro atoms. The van der Waals surface area contributed by atoms with E-state index in [4.69, 9.17) is 4.74 Å². The molecule has 0 radical (unpaired) electrons. The van der Waals surface area contributed by atoms with Gasteiger partial charge in [0.05, 0.1) is 6.54 Å². The largest absolute Gasteiger partial charge is 0.492 e. The van der Waals surface area contributed by atoms with Crippen molar-refractivity contribution in [3.8, 4) is 5.75 Å². The Morgan fingerprint density at radius 3 is 2.85 bits per heavy atom. The Labute approximate surface area is 119 Å². The molecule has 108 valence electrons. The van der Waals surface area contributed by atoms with E-state index in [1.54, 1.807) is 0 Å². The molecule has 0 atom stereocenters. The molecule has 2 aliphatic heterocycles. The lowest BCUT2D eigenvalue weighted by molar-refractivity contribution is -0.133. The molecule has 1 amide bonds.